The standard InChI is InChI=1S/C7H11N2O/c1-4-10-7-6(2)5-8-9(7)3/h4H2,1-3H3. The average Bonchev–Trinajstić information content (AvgIpc) is 2.20. The molecular formula is C7H11N2O. The number of nitrogens with zero attached hydrogens (tertiary/aromatic N) is 2. The molecular weight excluding hydrogens is 128 g/mol. The van der Waals surface area contributed by atoms with E-state index in [1.165, 1.54) is 0 Å². The van der Waals surface area contributed by atoms with E-state index in [4.69, 9.17) is 4.74 Å². The first-order valence-corrected chi connectivity index (χ1v) is 3.29. The highest BCUT2D eigenvalue weighted by Crippen LogP contribution is 2.13. The van der Waals surface area contributed by atoms with Crippen molar-refractivity contribution in [3.8, 4) is 5.88 Å². The van der Waals surface area contributed by atoms with Gasteiger partial charge in [0.15, 0.2) is 0 Å². The molecule has 0 aliphatic carbocycles. The molecule has 0 unspecified atom stereocenters. The molecule has 1 heterocycles. The van der Waals surface area contributed by atoms with E-state index in [1.807, 2.05) is 20.9 Å². The van der Waals surface area contributed by atoms with Crippen LogP contribution in [0.2, 0.25) is 0 Å². The summed E-state index contributed by atoms with van der Waals surface area (Å²) in [5, 5.41) is 3.90. The zero-order valence-corrected chi connectivity index (χ0v) is 6.51. The summed E-state index contributed by atoms with van der Waals surface area (Å²) >= 11 is 0. The van der Waals surface area contributed by atoms with Crippen molar-refractivity contribution in [1.29, 1.82) is 0 Å². The van der Waals surface area contributed by atoms with E-state index in [0.29, 0.717) is 6.61 Å². The minimum absolute atomic E-state index is 0.675. The predicted molar refractivity (Wildman–Crippen MR) is 37.9 cm³/mol. The van der Waals surface area contributed by atoms with Crippen LogP contribution in [0.3, 0.4) is 0 Å². The van der Waals surface area contributed by atoms with Gasteiger partial charge in [-0.25, -0.2) is 4.68 Å². The molecule has 0 aliphatic heterocycles. The Labute approximate surface area is 60.6 Å². The van der Waals surface area contributed by atoms with Crippen LogP contribution in [0.5, 0.6) is 5.88 Å². The Kier molecular flexibility index (Phi) is 1.94. The number of hydrogen-bond acceptors (Lipinski definition) is 2. The van der Waals surface area contributed by atoms with E-state index in [2.05, 4.69) is 11.3 Å². The second-order valence-corrected chi connectivity index (χ2v) is 2.10. The Morgan fingerprint density at radius 3 is 2.80 bits per heavy atom. The third kappa shape index (κ3) is 1.12. The molecule has 10 heavy (non-hydrogen) atoms. The quantitative estimate of drug-likeness (QED) is 0.609. The fourth-order valence-electron chi connectivity index (χ4n) is 0.824. The molecule has 0 saturated heterocycles. The molecule has 0 fully saturated rings. The SMILES string of the molecule is CCOc1c(C)[c]nn1C. The van der Waals surface area contributed by atoms with Crippen molar-refractivity contribution in [2.75, 3.05) is 6.61 Å². The molecule has 0 atom stereocenters. The third-order valence-electron chi connectivity index (χ3n) is 1.26. The second kappa shape index (κ2) is 2.73. The van der Waals surface area contributed by atoms with Crippen LogP contribution < -0.4 is 4.74 Å². The van der Waals surface area contributed by atoms with E-state index in [-0.39, 0.29) is 0 Å². The van der Waals surface area contributed by atoms with Crippen LogP contribution in [-0.4, -0.2) is 16.4 Å². The molecule has 0 amide bonds. The summed E-state index contributed by atoms with van der Waals surface area (Å²) in [6.45, 7) is 4.55. The molecule has 0 saturated carbocycles. The Balaban J connectivity index is 2.87. The zero-order valence-electron chi connectivity index (χ0n) is 6.51. The summed E-state index contributed by atoms with van der Waals surface area (Å²) in [6, 6.07) is 0. The lowest BCUT2D eigenvalue weighted by Gasteiger charge is -2.02. The summed E-state index contributed by atoms with van der Waals surface area (Å²) in [4.78, 5) is 0. The van der Waals surface area contributed by atoms with Gasteiger partial charge < -0.3 is 4.74 Å². The molecule has 55 valence electrons. The highest BCUT2D eigenvalue weighted by molar-refractivity contribution is 5.20. The maximum Gasteiger partial charge on any atom is 0.215 e. The van der Waals surface area contributed by atoms with Crippen molar-refractivity contribution in [3.05, 3.63) is 11.8 Å². The van der Waals surface area contributed by atoms with Gasteiger partial charge >= 0.3 is 0 Å². The van der Waals surface area contributed by atoms with Gasteiger partial charge in [-0.05, 0) is 13.8 Å². The van der Waals surface area contributed by atoms with Gasteiger partial charge in [0.05, 0.1) is 6.61 Å². The highest BCUT2D eigenvalue weighted by atomic mass is 16.5. The fraction of sp³-hybridized carbons (Fsp3) is 0.571. The van der Waals surface area contributed by atoms with Gasteiger partial charge in [0.2, 0.25) is 5.88 Å². The number of rotatable bonds is 2. The first-order valence-electron chi connectivity index (χ1n) is 3.29. The van der Waals surface area contributed by atoms with E-state index in [0.717, 1.165) is 11.4 Å². The normalized spacial score (nSPS) is 9.90. The molecule has 0 aliphatic rings. The maximum atomic E-state index is 5.28. The van der Waals surface area contributed by atoms with Gasteiger partial charge in [-0.3, -0.25) is 0 Å². The molecule has 1 rings (SSSR count). The van der Waals surface area contributed by atoms with Crippen molar-refractivity contribution in [2.24, 2.45) is 7.05 Å². The van der Waals surface area contributed by atoms with Crippen molar-refractivity contribution in [1.82, 2.24) is 9.78 Å². The van der Waals surface area contributed by atoms with Gasteiger partial charge in [-0.2, -0.15) is 5.10 Å². The molecule has 0 spiro atoms. The molecule has 3 nitrogen and oxygen atoms in total. The smallest absolute Gasteiger partial charge is 0.215 e. The summed E-state index contributed by atoms with van der Waals surface area (Å²) < 4.78 is 6.96. The van der Waals surface area contributed by atoms with E-state index >= 15 is 0 Å². The summed E-state index contributed by atoms with van der Waals surface area (Å²) in [7, 11) is 1.84. The Morgan fingerprint density at radius 1 is 1.70 bits per heavy atom. The first kappa shape index (κ1) is 7.12. The first-order chi connectivity index (χ1) is 4.75. The molecule has 3 heteroatoms. The predicted octanol–water partition coefficient (Wildman–Crippen LogP) is 0.927. The number of aryl methyl sites for hydroxylation is 2. The summed E-state index contributed by atoms with van der Waals surface area (Å²) in [5.74, 6) is 0.808. The summed E-state index contributed by atoms with van der Waals surface area (Å²) in [6.07, 6.45) is 2.81. The molecule has 0 bridgehead atoms. The Bertz CT molecular complexity index is 198. The minimum atomic E-state index is 0.675. The Morgan fingerprint density at radius 2 is 2.40 bits per heavy atom. The van der Waals surface area contributed by atoms with E-state index in [9.17, 15) is 0 Å². The lowest BCUT2D eigenvalue weighted by molar-refractivity contribution is 0.307. The monoisotopic (exact) mass is 139 g/mol. The third-order valence-corrected chi connectivity index (χ3v) is 1.26. The molecule has 1 aromatic heterocycles. The molecule has 1 aromatic rings. The molecule has 0 aromatic carbocycles. The van der Waals surface area contributed by atoms with Gasteiger partial charge in [0.1, 0.15) is 6.20 Å². The summed E-state index contributed by atoms with van der Waals surface area (Å²) in [5.41, 5.74) is 0.962. The zero-order chi connectivity index (χ0) is 7.56. The lowest BCUT2D eigenvalue weighted by atomic mass is 10.4. The van der Waals surface area contributed by atoms with Crippen LogP contribution in [-0.2, 0) is 7.05 Å². The number of aromatic nitrogens is 2. The van der Waals surface area contributed by atoms with E-state index in [1.54, 1.807) is 4.68 Å². The molecule has 0 N–H and O–H groups in total. The second-order valence-electron chi connectivity index (χ2n) is 2.10. The highest BCUT2D eigenvalue weighted by Gasteiger charge is 2.03. The topological polar surface area (TPSA) is 27.1 Å². The van der Waals surface area contributed by atoms with E-state index < -0.39 is 0 Å². The molecule has 1 radical (unpaired) electrons. The van der Waals surface area contributed by atoms with Crippen molar-refractivity contribution < 1.29 is 4.74 Å². The van der Waals surface area contributed by atoms with Crippen LogP contribution >= 0.6 is 0 Å². The largest absolute Gasteiger partial charge is 0.478 e. The van der Waals surface area contributed by atoms with Crippen molar-refractivity contribution in [2.45, 2.75) is 13.8 Å². The lowest BCUT2D eigenvalue weighted by Crippen LogP contribution is -1.99. The fourth-order valence-corrected chi connectivity index (χ4v) is 0.824. The van der Waals surface area contributed by atoms with Gasteiger partial charge in [0.25, 0.3) is 0 Å². The number of hydrogen-bond donors (Lipinski definition) is 0. The van der Waals surface area contributed by atoms with Gasteiger partial charge in [-0.15, -0.1) is 0 Å². The van der Waals surface area contributed by atoms with Gasteiger partial charge in [0, 0.05) is 12.6 Å². The van der Waals surface area contributed by atoms with Crippen LogP contribution in [0.15, 0.2) is 0 Å². The maximum absolute atomic E-state index is 5.28. The van der Waals surface area contributed by atoms with Crippen molar-refractivity contribution >= 4 is 0 Å². The minimum Gasteiger partial charge on any atom is -0.478 e. The average molecular weight is 139 g/mol. The van der Waals surface area contributed by atoms with Crippen LogP contribution in [0.25, 0.3) is 0 Å². The number of ether oxygens (including phenoxy) is 1. The van der Waals surface area contributed by atoms with Gasteiger partial charge in [-0.1, -0.05) is 0 Å². The van der Waals surface area contributed by atoms with Crippen LogP contribution in [0.4, 0.5) is 0 Å². The van der Waals surface area contributed by atoms with Crippen molar-refractivity contribution in [3.63, 3.8) is 0 Å². The Hall–Kier alpha value is -0.990. The van der Waals surface area contributed by atoms with Crippen LogP contribution in [0.1, 0.15) is 12.5 Å². The van der Waals surface area contributed by atoms with Crippen LogP contribution in [0, 0.1) is 13.1 Å².